The number of amides is 1. The topological polar surface area (TPSA) is 64.0 Å². The molecule has 3 rings (SSSR count). The monoisotopic (exact) mass is 353 g/mol. The van der Waals surface area contributed by atoms with Crippen molar-refractivity contribution in [2.45, 2.75) is 26.3 Å². The average molecular weight is 353 g/mol. The van der Waals surface area contributed by atoms with Crippen molar-refractivity contribution in [1.82, 2.24) is 9.55 Å². The van der Waals surface area contributed by atoms with Crippen molar-refractivity contribution in [2.24, 2.45) is 0 Å². The van der Waals surface area contributed by atoms with Gasteiger partial charge in [-0.05, 0) is 23.1 Å². The minimum Gasteiger partial charge on any atom is -0.310 e. The van der Waals surface area contributed by atoms with Crippen LogP contribution in [0.15, 0.2) is 59.0 Å². The highest BCUT2D eigenvalue weighted by atomic mass is 32.1. The van der Waals surface area contributed by atoms with Crippen LogP contribution in [0.25, 0.3) is 0 Å². The molecule has 0 aliphatic carbocycles. The third-order valence-electron chi connectivity index (χ3n) is 3.90. The number of hydrogen-bond donors (Lipinski definition) is 1. The van der Waals surface area contributed by atoms with Gasteiger partial charge in [0.1, 0.15) is 0 Å². The van der Waals surface area contributed by atoms with Crippen molar-refractivity contribution in [3.05, 3.63) is 81.2 Å². The Hall–Kier alpha value is -2.73. The first-order chi connectivity index (χ1) is 12.0. The molecule has 0 spiro atoms. The third-order valence-corrected chi connectivity index (χ3v) is 4.59. The van der Waals surface area contributed by atoms with Gasteiger partial charge in [-0.1, -0.05) is 38.1 Å². The molecule has 0 aliphatic rings. The van der Waals surface area contributed by atoms with E-state index in [0.717, 1.165) is 5.56 Å². The smallest absolute Gasteiger partial charge is 0.258 e. The Morgan fingerprint density at radius 3 is 2.60 bits per heavy atom. The number of nitrogens with one attached hydrogen (secondary N) is 1. The van der Waals surface area contributed by atoms with E-state index in [1.807, 2.05) is 12.1 Å². The molecule has 3 aromatic rings. The Morgan fingerprint density at radius 2 is 1.96 bits per heavy atom. The van der Waals surface area contributed by atoms with Crippen molar-refractivity contribution in [1.29, 1.82) is 0 Å². The lowest BCUT2D eigenvalue weighted by Gasteiger charge is -2.10. The Kier molecular flexibility index (Phi) is 5.09. The molecule has 1 N–H and O–H groups in total. The van der Waals surface area contributed by atoms with Gasteiger partial charge in [-0.2, -0.15) is 0 Å². The van der Waals surface area contributed by atoms with Crippen LogP contribution < -0.4 is 10.9 Å². The zero-order chi connectivity index (χ0) is 17.8. The minimum atomic E-state index is -0.279. The number of carbonyl (C=O) groups is 1. The quantitative estimate of drug-likeness (QED) is 0.760. The third kappa shape index (κ3) is 4.22. The highest BCUT2D eigenvalue weighted by Gasteiger charge is 2.10. The summed E-state index contributed by atoms with van der Waals surface area (Å²) >= 11 is 1.35. The number of carbonyl (C=O) groups excluding carboxylic acids is 1. The predicted octanol–water partition coefficient (Wildman–Crippen LogP) is 3.73. The molecule has 1 aromatic carbocycles. The van der Waals surface area contributed by atoms with Gasteiger partial charge in [0.15, 0.2) is 5.13 Å². The van der Waals surface area contributed by atoms with Crippen molar-refractivity contribution in [3.8, 4) is 0 Å². The van der Waals surface area contributed by atoms with Crippen LogP contribution in [0.5, 0.6) is 0 Å². The van der Waals surface area contributed by atoms with E-state index in [1.165, 1.54) is 29.0 Å². The average Bonchev–Trinajstić information content (AvgIpc) is 3.10. The van der Waals surface area contributed by atoms with Gasteiger partial charge in [0.2, 0.25) is 0 Å². The lowest BCUT2D eigenvalue weighted by atomic mass is 10.0. The summed E-state index contributed by atoms with van der Waals surface area (Å²) in [6.45, 7) is 4.71. The SMILES string of the molecule is CC(C)c1ccc(Cn2cc(C(=O)Nc3nccs3)ccc2=O)cc1. The maximum absolute atomic E-state index is 12.3. The van der Waals surface area contributed by atoms with Gasteiger partial charge in [-0.25, -0.2) is 4.98 Å². The molecule has 5 nitrogen and oxygen atoms in total. The summed E-state index contributed by atoms with van der Waals surface area (Å²) in [4.78, 5) is 28.4. The van der Waals surface area contributed by atoms with Crippen LogP contribution in [0.2, 0.25) is 0 Å². The van der Waals surface area contributed by atoms with Crippen LogP contribution in [0.1, 0.15) is 41.3 Å². The molecule has 25 heavy (non-hydrogen) atoms. The van der Waals surface area contributed by atoms with Crippen LogP contribution in [0.4, 0.5) is 5.13 Å². The molecule has 128 valence electrons. The lowest BCUT2D eigenvalue weighted by Crippen LogP contribution is -2.22. The van der Waals surface area contributed by atoms with Crippen molar-refractivity contribution in [3.63, 3.8) is 0 Å². The van der Waals surface area contributed by atoms with Gasteiger partial charge in [0.25, 0.3) is 11.5 Å². The van der Waals surface area contributed by atoms with E-state index in [4.69, 9.17) is 0 Å². The summed E-state index contributed by atoms with van der Waals surface area (Å²) in [6, 6.07) is 11.1. The van der Waals surface area contributed by atoms with E-state index in [0.29, 0.717) is 23.2 Å². The Balaban J connectivity index is 1.79. The summed E-state index contributed by atoms with van der Waals surface area (Å²) < 4.78 is 1.54. The molecule has 2 aromatic heterocycles. The van der Waals surface area contributed by atoms with Crippen molar-refractivity contribution < 1.29 is 4.79 Å². The largest absolute Gasteiger partial charge is 0.310 e. The molecule has 0 unspecified atom stereocenters. The summed E-state index contributed by atoms with van der Waals surface area (Å²) in [6.07, 6.45) is 3.21. The first-order valence-corrected chi connectivity index (χ1v) is 8.91. The lowest BCUT2D eigenvalue weighted by molar-refractivity contribution is 0.102. The first kappa shape index (κ1) is 17.1. The summed E-state index contributed by atoms with van der Waals surface area (Å²) in [5.74, 6) is 0.188. The molecule has 0 bridgehead atoms. The standard InChI is InChI=1S/C19H19N3O2S/c1-13(2)15-5-3-14(4-6-15)11-22-12-16(7-8-17(22)23)18(24)21-19-20-9-10-25-19/h3-10,12-13H,11H2,1-2H3,(H,20,21,24). The van der Waals surface area contributed by atoms with Gasteiger partial charge >= 0.3 is 0 Å². The van der Waals surface area contributed by atoms with Crippen molar-refractivity contribution >= 4 is 22.4 Å². The highest BCUT2D eigenvalue weighted by Crippen LogP contribution is 2.15. The summed E-state index contributed by atoms with van der Waals surface area (Å²) in [5.41, 5.74) is 2.56. The number of benzene rings is 1. The van der Waals surface area contributed by atoms with Crippen LogP contribution in [0.3, 0.4) is 0 Å². The van der Waals surface area contributed by atoms with Crippen molar-refractivity contribution in [2.75, 3.05) is 5.32 Å². The van der Waals surface area contributed by atoms with Crippen LogP contribution in [-0.2, 0) is 6.54 Å². The normalized spacial score (nSPS) is 10.8. The van der Waals surface area contributed by atoms with E-state index in [1.54, 1.807) is 22.3 Å². The van der Waals surface area contributed by atoms with Gasteiger partial charge in [0.05, 0.1) is 12.1 Å². The van der Waals surface area contributed by atoms with E-state index >= 15 is 0 Å². The second-order valence-corrected chi connectivity index (χ2v) is 6.97. The fourth-order valence-corrected chi connectivity index (χ4v) is 2.97. The molecule has 1 amide bonds. The number of thiazole rings is 1. The molecule has 0 saturated heterocycles. The van der Waals surface area contributed by atoms with Gasteiger partial charge < -0.3 is 4.57 Å². The molecule has 0 fully saturated rings. The summed E-state index contributed by atoms with van der Waals surface area (Å²) in [5, 5.41) is 5.05. The zero-order valence-corrected chi connectivity index (χ0v) is 14.9. The fraction of sp³-hybridized carbons (Fsp3) is 0.211. The molecule has 6 heteroatoms. The molecule has 0 aliphatic heterocycles. The van der Waals surface area contributed by atoms with Gasteiger partial charge in [-0.3, -0.25) is 14.9 Å². The minimum absolute atomic E-state index is 0.140. The highest BCUT2D eigenvalue weighted by molar-refractivity contribution is 7.13. The zero-order valence-electron chi connectivity index (χ0n) is 14.1. The van der Waals surface area contributed by atoms with Crippen LogP contribution in [-0.4, -0.2) is 15.5 Å². The van der Waals surface area contributed by atoms with Gasteiger partial charge in [-0.15, -0.1) is 11.3 Å². The van der Waals surface area contributed by atoms with E-state index < -0.39 is 0 Å². The number of anilines is 1. The number of pyridine rings is 1. The molecule has 0 saturated carbocycles. The maximum Gasteiger partial charge on any atom is 0.258 e. The Labute approximate surface area is 150 Å². The maximum atomic E-state index is 12.3. The first-order valence-electron chi connectivity index (χ1n) is 8.03. The molecule has 0 radical (unpaired) electrons. The molecular weight excluding hydrogens is 334 g/mol. The second kappa shape index (κ2) is 7.44. The number of hydrogen-bond acceptors (Lipinski definition) is 4. The van der Waals surface area contributed by atoms with E-state index in [2.05, 4.69) is 36.3 Å². The number of nitrogens with zero attached hydrogens (tertiary/aromatic N) is 2. The van der Waals surface area contributed by atoms with Crippen LogP contribution >= 0.6 is 11.3 Å². The van der Waals surface area contributed by atoms with Crippen LogP contribution in [0, 0.1) is 0 Å². The summed E-state index contributed by atoms with van der Waals surface area (Å²) in [7, 11) is 0. The van der Waals surface area contributed by atoms with E-state index in [9.17, 15) is 9.59 Å². The van der Waals surface area contributed by atoms with Gasteiger partial charge in [0, 0.05) is 23.8 Å². The molecule has 0 atom stereocenters. The number of aromatic nitrogens is 2. The Morgan fingerprint density at radius 1 is 1.20 bits per heavy atom. The molecule has 2 heterocycles. The Bertz CT molecular complexity index is 913. The number of rotatable bonds is 5. The predicted molar refractivity (Wildman–Crippen MR) is 100 cm³/mol. The second-order valence-electron chi connectivity index (χ2n) is 6.07. The fourth-order valence-electron chi connectivity index (χ4n) is 2.45. The van der Waals surface area contributed by atoms with E-state index in [-0.39, 0.29) is 11.5 Å². The molecular formula is C19H19N3O2S.